The van der Waals surface area contributed by atoms with Gasteiger partial charge in [0.15, 0.2) is 0 Å². The van der Waals surface area contributed by atoms with Crippen LogP contribution in [0.15, 0.2) is 12.1 Å². The number of nitrogens with zero attached hydrogens (tertiary/aromatic N) is 1. The van der Waals surface area contributed by atoms with Gasteiger partial charge in [0.25, 0.3) is 0 Å². The van der Waals surface area contributed by atoms with Gasteiger partial charge in [0.2, 0.25) is 0 Å². The standard InChI is InChI=1S/C13H19ClN2O/c1-16-10(5-6-15)4-3-9-7-13(17-2)11(14)8-12(9)16/h7-8,10H,3-6,15H2,1-2H3. The van der Waals surface area contributed by atoms with Crippen LogP contribution in [0.2, 0.25) is 5.02 Å². The van der Waals surface area contributed by atoms with Crippen LogP contribution in [0.5, 0.6) is 5.75 Å². The summed E-state index contributed by atoms with van der Waals surface area (Å²) in [4.78, 5) is 2.29. The number of fused-ring (bicyclic) bond motifs is 1. The van der Waals surface area contributed by atoms with Gasteiger partial charge < -0.3 is 15.4 Å². The summed E-state index contributed by atoms with van der Waals surface area (Å²) >= 11 is 6.18. The number of hydrogen-bond acceptors (Lipinski definition) is 3. The number of rotatable bonds is 3. The zero-order chi connectivity index (χ0) is 12.4. The average Bonchev–Trinajstić information content (AvgIpc) is 2.33. The first kappa shape index (κ1) is 12.5. The first-order valence-corrected chi connectivity index (χ1v) is 6.34. The minimum absolute atomic E-state index is 0.525. The van der Waals surface area contributed by atoms with Crippen molar-refractivity contribution in [3.05, 3.63) is 22.7 Å². The molecule has 1 heterocycles. The molecule has 0 saturated heterocycles. The van der Waals surface area contributed by atoms with E-state index in [0.29, 0.717) is 11.1 Å². The van der Waals surface area contributed by atoms with Crippen LogP contribution in [0.3, 0.4) is 0 Å². The molecule has 94 valence electrons. The van der Waals surface area contributed by atoms with E-state index >= 15 is 0 Å². The first-order chi connectivity index (χ1) is 8.17. The van der Waals surface area contributed by atoms with Gasteiger partial charge in [-0.15, -0.1) is 0 Å². The number of anilines is 1. The van der Waals surface area contributed by atoms with Crippen LogP contribution in [0, 0.1) is 0 Å². The van der Waals surface area contributed by atoms with Crippen LogP contribution in [0.1, 0.15) is 18.4 Å². The van der Waals surface area contributed by atoms with Gasteiger partial charge in [0.1, 0.15) is 5.75 Å². The molecule has 0 saturated carbocycles. The Bertz CT molecular complexity index is 409. The first-order valence-electron chi connectivity index (χ1n) is 5.96. The lowest BCUT2D eigenvalue weighted by Crippen LogP contribution is -2.37. The number of methoxy groups -OCH3 is 1. The molecule has 0 bridgehead atoms. The Kier molecular flexibility index (Phi) is 3.79. The SMILES string of the molecule is COc1cc2c(cc1Cl)N(C)C(CCN)CC2. The molecular formula is C13H19ClN2O. The lowest BCUT2D eigenvalue weighted by atomic mass is 9.94. The van der Waals surface area contributed by atoms with Gasteiger partial charge in [-0.25, -0.2) is 0 Å². The minimum atomic E-state index is 0.525. The third-order valence-electron chi connectivity index (χ3n) is 3.53. The van der Waals surface area contributed by atoms with Crippen LogP contribution in [0.25, 0.3) is 0 Å². The number of ether oxygens (including phenoxy) is 1. The Labute approximate surface area is 107 Å². The number of aryl methyl sites for hydroxylation is 1. The van der Waals surface area contributed by atoms with Crippen molar-refractivity contribution in [1.29, 1.82) is 0 Å². The van der Waals surface area contributed by atoms with Crippen LogP contribution >= 0.6 is 11.6 Å². The molecule has 0 spiro atoms. The number of halogens is 1. The summed E-state index contributed by atoms with van der Waals surface area (Å²) in [6.07, 6.45) is 3.24. The second-order valence-corrected chi connectivity index (χ2v) is 4.90. The summed E-state index contributed by atoms with van der Waals surface area (Å²) in [6, 6.07) is 4.57. The average molecular weight is 255 g/mol. The molecule has 0 fully saturated rings. The van der Waals surface area contributed by atoms with Gasteiger partial charge >= 0.3 is 0 Å². The lowest BCUT2D eigenvalue weighted by molar-refractivity contribution is 0.413. The Morgan fingerprint density at radius 1 is 1.53 bits per heavy atom. The summed E-state index contributed by atoms with van der Waals surface area (Å²) in [6.45, 7) is 0.730. The van der Waals surface area contributed by atoms with E-state index in [1.165, 1.54) is 11.3 Å². The monoisotopic (exact) mass is 254 g/mol. The van der Waals surface area contributed by atoms with Crippen LogP contribution in [0.4, 0.5) is 5.69 Å². The van der Waals surface area contributed by atoms with E-state index in [9.17, 15) is 0 Å². The third kappa shape index (κ3) is 2.35. The summed E-state index contributed by atoms with van der Waals surface area (Å²) in [5.74, 6) is 0.760. The van der Waals surface area contributed by atoms with E-state index in [1.807, 2.05) is 12.1 Å². The molecular weight excluding hydrogens is 236 g/mol. The highest BCUT2D eigenvalue weighted by molar-refractivity contribution is 6.32. The van der Waals surface area contributed by atoms with Gasteiger partial charge in [0, 0.05) is 18.8 Å². The van der Waals surface area contributed by atoms with Gasteiger partial charge in [-0.3, -0.25) is 0 Å². The van der Waals surface area contributed by atoms with Crippen molar-refractivity contribution >= 4 is 17.3 Å². The van der Waals surface area contributed by atoms with Crippen LogP contribution in [-0.2, 0) is 6.42 Å². The quantitative estimate of drug-likeness (QED) is 0.901. The Morgan fingerprint density at radius 2 is 2.29 bits per heavy atom. The van der Waals surface area contributed by atoms with E-state index in [1.54, 1.807) is 7.11 Å². The maximum atomic E-state index is 6.18. The fourth-order valence-electron chi connectivity index (χ4n) is 2.51. The molecule has 0 aliphatic carbocycles. The van der Waals surface area contributed by atoms with E-state index < -0.39 is 0 Å². The van der Waals surface area contributed by atoms with Gasteiger partial charge in [-0.2, -0.15) is 0 Å². The van der Waals surface area contributed by atoms with E-state index in [4.69, 9.17) is 22.1 Å². The fourth-order valence-corrected chi connectivity index (χ4v) is 2.75. The lowest BCUT2D eigenvalue weighted by Gasteiger charge is -2.36. The van der Waals surface area contributed by atoms with Crippen molar-refractivity contribution in [2.75, 3.05) is 25.6 Å². The summed E-state index contributed by atoms with van der Waals surface area (Å²) < 4.78 is 5.25. The largest absolute Gasteiger partial charge is 0.495 e. The highest BCUT2D eigenvalue weighted by Crippen LogP contribution is 2.37. The molecule has 0 amide bonds. The number of benzene rings is 1. The molecule has 2 N–H and O–H groups in total. The van der Waals surface area contributed by atoms with Crippen molar-refractivity contribution in [1.82, 2.24) is 0 Å². The molecule has 1 atom stereocenters. The van der Waals surface area contributed by atoms with Crippen molar-refractivity contribution in [3.8, 4) is 5.75 Å². The Hall–Kier alpha value is -0.930. The molecule has 1 aromatic carbocycles. The van der Waals surface area contributed by atoms with Crippen molar-refractivity contribution in [2.45, 2.75) is 25.3 Å². The highest BCUT2D eigenvalue weighted by Gasteiger charge is 2.24. The zero-order valence-corrected chi connectivity index (χ0v) is 11.1. The van der Waals surface area contributed by atoms with Gasteiger partial charge in [0.05, 0.1) is 12.1 Å². The maximum absolute atomic E-state index is 6.18. The van der Waals surface area contributed by atoms with Gasteiger partial charge in [-0.1, -0.05) is 11.6 Å². The molecule has 2 rings (SSSR count). The molecule has 1 unspecified atom stereocenters. The maximum Gasteiger partial charge on any atom is 0.137 e. The van der Waals surface area contributed by atoms with Crippen molar-refractivity contribution in [2.24, 2.45) is 5.73 Å². The molecule has 1 aromatic rings. The number of nitrogens with two attached hydrogens (primary N) is 1. The second-order valence-electron chi connectivity index (χ2n) is 4.50. The predicted molar refractivity (Wildman–Crippen MR) is 72.2 cm³/mol. The molecule has 0 aromatic heterocycles. The fraction of sp³-hybridized carbons (Fsp3) is 0.538. The summed E-state index contributed by atoms with van der Waals surface area (Å²) in [7, 11) is 3.76. The summed E-state index contributed by atoms with van der Waals surface area (Å²) in [5, 5.41) is 0.673. The molecule has 1 aliphatic rings. The Morgan fingerprint density at radius 3 is 2.94 bits per heavy atom. The summed E-state index contributed by atoms with van der Waals surface area (Å²) in [5.41, 5.74) is 8.16. The van der Waals surface area contributed by atoms with E-state index in [2.05, 4.69) is 11.9 Å². The topological polar surface area (TPSA) is 38.5 Å². The molecule has 1 aliphatic heterocycles. The Balaban J connectivity index is 2.33. The smallest absolute Gasteiger partial charge is 0.137 e. The zero-order valence-electron chi connectivity index (χ0n) is 10.4. The van der Waals surface area contributed by atoms with Crippen LogP contribution in [-0.4, -0.2) is 26.7 Å². The number of hydrogen-bond donors (Lipinski definition) is 1. The molecule has 17 heavy (non-hydrogen) atoms. The van der Waals surface area contributed by atoms with E-state index in [0.717, 1.165) is 31.6 Å². The molecule has 3 nitrogen and oxygen atoms in total. The highest BCUT2D eigenvalue weighted by atomic mass is 35.5. The van der Waals surface area contributed by atoms with Crippen molar-refractivity contribution in [3.63, 3.8) is 0 Å². The van der Waals surface area contributed by atoms with Gasteiger partial charge in [-0.05, 0) is 43.5 Å². The predicted octanol–water partition coefficient (Wildman–Crippen LogP) is 2.45. The third-order valence-corrected chi connectivity index (χ3v) is 3.82. The molecule has 0 radical (unpaired) electrons. The minimum Gasteiger partial charge on any atom is -0.495 e. The second kappa shape index (κ2) is 5.15. The normalized spacial score (nSPS) is 19.1. The molecule has 4 heteroatoms. The van der Waals surface area contributed by atoms with Crippen LogP contribution < -0.4 is 15.4 Å². The van der Waals surface area contributed by atoms with E-state index in [-0.39, 0.29) is 0 Å². The van der Waals surface area contributed by atoms with Crippen molar-refractivity contribution < 1.29 is 4.74 Å².